The Morgan fingerprint density at radius 3 is 2.86 bits per heavy atom. The molecule has 1 aliphatic heterocycles. The summed E-state index contributed by atoms with van der Waals surface area (Å²) >= 11 is 0. The number of hydrogen-bond acceptors (Lipinski definition) is 3. The first-order valence-corrected chi connectivity index (χ1v) is 6.99. The van der Waals surface area contributed by atoms with Gasteiger partial charge in [0.15, 0.2) is 6.10 Å². The molecule has 2 amide bonds. The Labute approximate surface area is 124 Å². The van der Waals surface area contributed by atoms with E-state index in [2.05, 4.69) is 11.9 Å². The number of nitrogens with zero attached hydrogens (tertiary/aromatic N) is 1. The van der Waals surface area contributed by atoms with Gasteiger partial charge < -0.3 is 10.1 Å². The molecule has 112 valence electrons. The maximum atomic E-state index is 12.5. The molecule has 1 aromatic carbocycles. The van der Waals surface area contributed by atoms with Crippen LogP contribution in [0.15, 0.2) is 36.9 Å². The number of rotatable bonds is 5. The molecule has 2 rings (SSSR count). The van der Waals surface area contributed by atoms with Crippen LogP contribution in [0.4, 0.5) is 5.69 Å². The third-order valence-corrected chi connectivity index (χ3v) is 3.27. The van der Waals surface area contributed by atoms with E-state index in [1.54, 1.807) is 12.1 Å². The fourth-order valence-corrected chi connectivity index (χ4v) is 2.21. The quantitative estimate of drug-likeness (QED) is 0.840. The maximum absolute atomic E-state index is 12.5. The van der Waals surface area contributed by atoms with Crippen molar-refractivity contribution in [1.82, 2.24) is 5.32 Å². The van der Waals surface area contributed by atoms with Gasteiger partial charge in [0.05, 0.1) is 5.69 Å². The number of para-hydroxylation sites is 2. The van der Waals surface area contributed by atoms with Crippen LogP contribution in [0.1, 0.15) is 13.8 Å². The van der Waals surface area contributed by atoms with Gasteiger partial charge in [0.25, 0.3) is 5.91 Å². The fraction of sp³-hybridized carbons (Fsp3) is 0.375. The van der Waals surface area contributed by atoms with Crippen LogP contribution >= 0.6 is 0 Å². The molecule has 21 heavy (non-hydrogen) atoms. The van der Waals surface area contributed by atoms with Crippen molar-refractivity contribution in [3.05, 3.63) is 36.9 Å². The first kappa shape index (κ1) is 15.1. The van der Waals surface area contributed by atoms with E-state index in [0.29, 0.717) is 18.0 Å². The zero-order valence-corrected chi connectivity index (χ0v) is 12.3. The average Bonchev–Trinajstić information content (AvgIpc) is 2.47. The molecule has 5 nitrogen and oxygen atoms in total. The SMILES string of the molecule is C=CCNC(=O)CN1C(=O)C(C(C)C)Oc2ccccc21. The highest BCUT2D eigenvalue weighted by molar-refractivity contribution is 6.03. The van der Waals surface area contributed by atoms with Gasteiger partial charge in [-0.05, 0) is 18.1 Å². The molecule has 0 saturated carbocycles. The Hall–Kier alpha value is -2.30. The molecule has 1 atom stereocenters. The van der Waals surface area contributed by atoms with E-state index < -0.39 is 6.10 Å². The summed E-state index contributed by atoms with van der Waals surface area (Å²) < 4.78 is 5.76. The van der Waals surface area contributed by atoms with Crippen LogP contribution < -0.4 is 15.0 Å². The van der Waals surface area contributed by atoms with E-state index in [1.807, 2.05) is 32.0 Å². The second kappa shape index (κ2) is 6.43. The first-order chi connectivity index (χ1) is 10.0. The van der Waals surface area contributed by atoms with Crippen molar-refractivity contribution in [2.45, 2.75) is 20.0 Å². The minimum Gasteiger partial charge on any atom is -0.478 e. The third-order valence-electron chi connectivity index (χ3n) is 3.27. The van der Waals surface area contributed by atoms with Gasteiger partial charge in [-0.15, -0.1) is 6.58 Å². The van der Waals surface area contributed by atoms with Crippen LogP contribution in [0.25, 0.3) is 0 Å². The van der Waals surface area contributed by atoms with Crippen molar-refractivity contribution in [3.8, 4) is 5.75 Å². The number of ether oxygens (including phenoxy) is 1. The van der Waals surface area contributed by atoms with E-state index in [0.717, 1.165) is 0 Å². The Morgan fingerprint density at radius 1 is 1.48 bits per heavy atom. The predicted octanol–water partition coefficient (Wildman–Crippen LogP) is 1.74. The molecular formula is C16H20N2O3. The van der Waals surface area contributed by atoms with Gasteiger partial charge in [-0.3, -0.25) is 14.5 Å². The maximum Gasteiger partial charge on any atom is 0.268 e. The minimum absolute atomic E-state index is 0.0176. The first-order valence-electron chi connectivity index (χ1n) is 6.99. The topological polar surface area (TPSA) is 58.6 Å². The lowest BCUT2D eigenvalue weighted by Crippen LogP contribution is -2.51. The molecule has 1 aromatic rings. The summed E-state index contributed by atoms with van der Waals surface area (Å²) in [7, 11) is 0. The molecule has 0 fully saturated rings. The smallest absolute Gasteiger partial charge is 0.268 e. The van der Waals surface area contributed by atoms with E-state index in [1.165, 1.54) is 4.90 Å². The van der Waals surface area contributed by atoms with Crippen molar-refractivity contribution in [1.29, 1.82) is 0 Å². The lowest BCUT2D eigenvalue weighted by molar-refractivity contribution is -0.130. The van der Waals surface area contributed by atoms with Crippen molar-refractivity contribution in [2.24, 2.45) is 5.92 Å². The Kier molecular flexibility index (Phi) is 4.62. The summed E-state index contributed by atoms with van der Waals surface area (Å²) in [4.78, 5) is 25.9. The summed E-state index contributed by atoms with van der Waals surface area (Å²) in [6.07, 6.45) is 1.04. The molecule has 1 N–H and O–H groups in total. The number of benzene rings is 1. The summed E-state index contributed by atoms with van der Waals surface area (Å²) in [5.74, 6) is 0.261. The third kappa shape index (κ3) is 3.24. The Morgan fingerprint density at radius 2 is 2.19 bits per heavy atom. The zero-order valence-electron chi connectivity index (χ0n) is 12.3. The standard InChI is InChI=1S/C16H20N2O3/c1-4-9-17-14(19)10-18-12-7-5-6-8-13(12)21-15(11(2)3)16(18)20/h4-8,11,15H,1,9-10H2,2-3H3,(H,17,19). The molecule has 1 aliphatic rings. The van der Waals surface area contributed by atoms with Crippen LogP contribution in [0.2, 0.25) is 0 Å². The number of amides is 2. The van der Waals surface area contributed by atoms with E-state index in [9.17, 15) is 9.59 Å². The molecule has 1 unspecified atom stereocenters. The van der Waals surface area contributed by atoms with Gasteiger partial charge in [0.2, 0.25) is 5.91 Å². The van der Waals surface area contributed by atoms with E-state index in [-0.39, 0.29) is 24.3 Å². The zero-order chi connectivity index (χ0) is 15.4. The molecular weight excluding hydrogens is 268 g/mol. The summed E-state index contributed by atoms with van der Waals surface area (Å²) in [6.45, 7) is 7.76. The largest absolute Gasteiger partial charge is 0.478 e. The highest BCUT2D eigenvalue weighted by Crippen LogP contribution is 2.35. The highest BCUT2D eigenvalue weighted by Gasteiger charge is 2.36. The van der Waals surface area contributed by atoms with Gasteiger partial charge in [0.1, 0.15) is 12.3 Å². The Bertz CT molecular complexity index is 554. The second-order valence-corrected chi connectivity index (χ2v) is 5.27. The van der Waals surface area contributed by atoms with Crippen molar-refractivity contribution in [2.75, 3.05) is 18.0 Å². The average molecular weight is 288 g/mol. The van der Waals surface area contributed by atoms with Crippen LogP contribution in [0.3, 0.4) is 0 Å². The van der Waals surface area contributed by atoms with Gasteiger partial charge in [-0.1, -0.05) is 32.1 Å². The van der Waals surface area contributed by atoms with Crippen LogP contribution in [-0.4, -0.2) is 31.0 Å². The molecule has 0 aliphatic carbocycles. The van der Waals surface area contributed by atoms with Crippen LogP contribution in [0.5, 0.6) is 5.75 Å². The lowest BCUT2D eigenvalue weighted by Gasteiger charge is -2.35. The fourth-order valence-electron chi connectivity index (χ4n) is 2.21. The highest BCUT2D eigenvalue weighted by atomic mass is 16.5. The van der Waals surface area contributed by atoms with Gasteiger partial charge in [0, 0.05) is 6.54 Å². The summed E-state index contributed by atoms with van der Waals surface area (Å²) in [6, 6.07) is 7.26. The van der Waals surface area contributed by atoms with Crippen LogP contribution in [0, 0.1) is 5.92 Å². The molecule has 0 saturated heterocycles. The molecule has 0 bridgehead atoms. The Balaban J connectivity index is 2.26. The number of carbonyl (C=O) groups excluding carboxylic acids is 2. The summed E-state index contributed by atoms with van der Waals surface area (Å²) in [5.41, 5.74) is 0.633. The number of hydrogen-bond donors (Lipinski definition) is 1. The minimum atomic E-state index is -0.563. The van der Waals surface area contributed by atoms with Crippen molar-refractivity contribution >= 4 is 17.5 Å². The molecule has 1 heterocycles. The number of anilines is 1. The van der Waals surface area contributed by atoms with E-state index >= 15 is 0 Å². The number of fused-ring (bicyclic) bond motifs is 1. The number of nitrogens with one attached hydrogen (secondary N) is 1. The van der Waals surface area contributed by atoms with Crippen LogP contribution in [-0.2, 0) is 9.59 Å². The molecule has 0 radical (unpaired) electrons. The van der Waals surface area contributed by atoms with Gasteiger partial charge in [-0.2, -0.15) is 0 Å². The predicted molar refractivity (Wildman–Crippen MR) is 81.3 cm³/mol. The van der Waals surface area contributed by atoms with E-state index in [4.69, 9.17) is 4.74 Å². The molecule has 5 heteroatoms. The summed E-state index contributed by atoms with van der Waals surface area (Å²) in [5, 5.41) is 2.68. The number of carbonyl (C=O) groups is 2. The van der Waals surface area contributed by atoms with Crippen molar-refractivity contribution in [3.63, 3.8) is 0 Å². The van der Waals surface area contributed by atoms with Gasteiger partial charge in [-0.25, -0.2) is 0 Å². The molecule has 0 aromatic heterocycles. The monoisotopic (exact) mass is 288 g/mol. The normalized spacial score (nSPS) is 17.2. The van der Waals surface area contributed by atoms with Gasteiger partial charge >= 0.3 is 0 Å². The molecule has 0 spiro atoms. The second-order valence-electron chi connectivity index (χ2n) is 5.27. The lowest BCUT2D eigenvalue weighted by atomic mass is 10.0. The van der Waals surface area contributed by atoms with Crippen molar-refractivity contribution < 1.29 is 14.3 Å².